The van der Waals surface area contributed by atoms with Crippen molar-refractivity contribution in [3.8, 4) is 0 Å². The van der Waals surface area contributed by atoms with Gasteiger partial charge in [0.05, 0.1) is 19.3 Å². The molecule has 1 aliphatic heterocycles. The van der Waals surface area contributed by atoms with E-state index >= 15 is 0 Å². The van der Waals surface area contributed by atoms with E-state index < -0.39 is 0 Å². The largest absolute Gasteiger partial charge is 0.378 e. The molecule has 1 unspecified atom stereocenters. The van der Waals surface area contributed by atoms with Gasteiger partial charge >= 0.3 is 0 Å². The monoisotopic (exact) mass is 211 g/mol. The fourth-order valence-electron chi connectivity index (χ4n) is 1.61. The molecule has 1 aromatic heterocycles. The number of ether oxygens (including phenoxy) is 1. The van der Waals surface area contributed by atoms with Crippen molar-refractivity contribution in [3.05, 3.63) is 10.0 Å². The van der Waals surface area contributed by atoms with Gasteiger partial charge in [0.2, 0.25) is 0 Å². The van der Waals surface area contributed by atoms with Crippen LogP contribution in [0.4, 0.5) is 0 Å². The van der Waals surface area contributed by atoms with E-state index in [2.05, 4.69) is 15.5 Å². The summed E-state index contributed by atoms with van der Waals surface area (Å²) in [4.78, 5) is 0. The highest BCUT2D eigenvalue weighted by Gasteiger charge is 2.29. The molecule has 76 valence electrons. The van der Waals surface area contributed by atoms with Gasteiger partial charge in [0.25, 0.3) is 0 Å². The molecule has 0 aromatic carbocycles. The van der Waals surface area contributed by atoms with E-state index in [1.54, 1.807) is 11.3 Å². The van der Waals surface area contributed by atoms with Gasteiger partial charge in [-0.3, -0.25) is 0 Å². The van der Waals surface area contributed by atoms with Crippen LogP contribution in [0, 0.1) is 0 Å². The Labute approximate surface area is 86.7 Å². The zero-order valence-electron chi connectivity index (χ0n) is 7.90. The molecule has 2 aliphatic rings. The lowest BCUT2D eigenvalue weighted by Crippen LogP contribution is -2.34. The minimum Gasteiger partial charge on any atom is -0.378 e. The second kappa shape index (κ2) is 3.56. The van der Waals surface area contributed by atoms with Crippen LogP contribution in [0.15, 0.2) is 0 Å². The molecule has 1 atom stereocenters. The Morgan fingerprint density at radius 3 is 2.86 bits per heavy atom. The lowest BCUT2D eigenvalue weighted by atomic mass is 10.3. The Kier molecular flexibility index (Phi) is 2.23. The lowest BCUT2D eigenvalue weighted by Gasteiger charge is -2.21. The average molecular weight is 211 g/mol. The smallest absolute Gasteiger partial charge is 0.136 e. The summed E-state index contributed by atoms with van der Waals surface area (Å²) in [6.07, 6.45) is 2.59. The quantitative estimate of drug-likeness (QED) is 0.795. The second-order valence-corrected chi connectivity index (χ2v) is 4.88. The van der Waals surface area contributed by atoms with Crippen LogP contribution in [0.1, 0.15) is 34.8 Å². The summed E-state index contributed by atoms with van der Waals surface area (Å²) in [5.74, 6) is 0.714. The molecule has 0 amide bonds. The van der Waals surface area contributed by atoms with Crippen LogP contribution in [-0.4, -0.2) is 30.0 Å². The second-order valence-electron chi connectivity index (χ2n) is 3.83. The molecule has 3 rings (SSSR count). The van der Waals surface area contributed by atoms with Crippen molar-refractivity contribution in [1.29, 1.82) is 0 Å². The summed E-state index contributed by atoms with van der Waals surface area (Å²) < 4.78 is 5.40. The zero-order chi connectivity index (χ0) is 9.38. The van der Waals surface area contributed by atoms with E-state index in [4.69, 9.17) is 4.74 Å². The summed E-state index contributed by atoms with van der Waals surface area (Å²) in [7, 11) is 0. The van der Waals surface area contributed by atoms with Crippen LogP contribution >= 0.6 is 11.3 Å². The first-order valence-electron chi connectivity index (χ1n) is 5.08. The van der Waals surface area contributed by atoms with Gasteiger partial charge in [0, 0.05) is 12.5 Å². The molecule has 1 saturated carbocycles. The summed E-state index contributed by atoms with van der Waals surface area (Å²) >= 11 is 1.75. The minimum absolute atomic E-state index is 0.272. The first-order chi connectivity index (χ1) is 6.93. The van der Waals surface area contributed by atoms with Crippen LogP contribution < -0.4 is 5.32 Å². The molecule has 1 aromatic rings. The molecule has 5 heteroatoms. The number of hydrogen-bond donors (Lipinski definition) is 1. The van der Waals surface area contributed by atoms with Gasteiger partial charge in [-0.05, 0) is 12.8 Å². The fraction of sp³-hybridized carbons (Fsp3) is 0.778. The number of morpholine rings is 1. The standard InChI is InChI=1S/C9H13N3OS/c1-2-6(1)8-11-12-9(14-8)7-5-13-4-3-10-7/h6-7,10H,1-5H2. The summed E-state index contributed by atoms with van der Waals surface area (Å²) in [5.41, 5.74) is 0. The number of nitrogens with one attached hydrogen (secondary N) is 1. The van der Waals surface area contributed by atoms with Crippen LogP contribution in [0.2, 0.25) is 0 Å². The molecule has 2 heterocycles. The lowest BCUT2D eigenvalue weighted by molar-refractivity contribution is 0.0766. The molecule has 14 heavy (non-hydrogen) atoms. The van der Waals surface area contributed by atoms with Gasteiger partial charge in [-0.2, -0.15) is 0 Å². The SMILES string of the molecule is C1COCC(c2nnc(C3CC3)s2)N1. The predicted molar refractivity (Wildman–Crippen MR) is 53.4 cm³/mol. The molecule has 1 N–H and O–H groups in total. The number of rotatable bonds is 2. The highest BCUT2D eigenvalue weighted by molar-refractivity contribution is 7.11. The maximum absolute atomic E-state index is 5.40. The Balaban J connectivity index is 1.74. The minimum atomic E-state index is 0.272. The number of hydrogen-bond acceptors (Lipinski definition) is 5. The van der Waals surface area contributed by atoms with Crippen molar-refractivity contribution in [1.82, 2.24) is 15.5 Å². The Morgan fingerprint density at radius 2 is 2.14 bits per heavy atom. The van der Waals surface area contributed by atoms with E-state index in [0.29, 0.717) is 5.92 Å². The highest BCUT2D eigenvalue weighted by atomic mass is 32.1. The van der Waals surface area contributed by atoms with Crippen molar-refractivity contribution in [2.24, 2.45) is 0 Å². The molecule has 0 bridgehead atoms. The summed E-state index contributed by atoms with van der Waals surface area (Å²) in [5, 5.41) is 14.1. The maximum atomic E-state index is 5.40. The van der Waals surface area contributed by atoms with Crippen molar-refractivity contribution in [2.75, 3.05) is 19.8 Å². The van der Waals surface area contributed by atoms with Crippen LogP contribution in [-0.2, 0) is 4.74 Å². The van der Waals surface area contributed by atoms with Crippen molar-refractivity contribution in [3.63, 3.8) is 0 Å². The normalized spacial score (nSPS) is 27.9. The average Bonchev–Trinajstić information content (AvgIpc) is 2.98. The maximum Gasteiger partial charge on any atom is 0.136 e. The van der Waals surface area contributed by atoms with Gasteiger partial charge in [0.15, 0.2) is 0 Å². The van der Waals surface area contributed by atoms with Crippen LogP contribution in [0.5, 0.6) is 0 Å². The molecular formula is C9H13N3OS. The van der Waals surface area contributed by atoms with Gasteiger partial charge < -0.3 is 10.1 Å². The van der Waals surface area contributed by atoms with E-state index in [1.807, 2.05) is 0 Å². The van der Waals surface area contributed by atoms with E-state index in [1.165, 1.54) is 17.8 Å². The fourth-order valence-corrected chi connectivity index (χ4v) is 2.68. The third-order valence-corrected chi connectivity index (χ3v) is 3.80. The van der Waals surface area contributed by atoms with E-state index in [-0.39, 0.29) is 6.04 Å². The Hall–Kier alpha value is -0.520. The van der Waals surface area contributed by atoms with Crippen molar-refractivity contribution < 1.29 is 4.74 Å². The van der Waals surface area contributed by atoms with Crippen molar-refractivity contribution >= 4 is 11.3 Å². The summed E-state index contributed by atoms with van der Waals surface area (Å²) in [6.45, 7) is 2.47. The van der Waals surface area contributed by atoms with Crippen molar-refractivity contribution in [2.45, 2.75) is 24.8 Å². The van der Waals surface area contributed by atoms with E-state index in [9.17, 15) is 0 Å². The molecule has 0 spiro atoms. The first-order valence-corrected chi connectivity index (χ1v) is 5.89. The molecule has 2 fully saturated rings. The number of aromatic nitrogens is 2. The molecule has 1 saturated heterocycles. The topological polar surface area (TPSA) is 47.0 Å². The van der Waals surface area contributed by atoms with Gasteiger partial charge in [0.1, 0.15) is 10.0 Å². The van der Waals surface area contributed by atoms with Crippen LogP contribution in [0.25, 0.3) is 0 Å². The highest BCUT2D eigenvalue weighted by Crippen LogP contribution is 2.41. The molecule has 1 aliphatic carbocycles. The summed E-state index contributed by atoms with van der Waals surface area (Å²) in [6, 6.07) is 0.272. The van der Waals surface area contributed by atoms with Gasteiger partial charge in [-0.15, -0.1) is 10.2 Å². The van der Waals surface area contributed by atoms with Gasteiger partial charge in [-0.1, -0.05) is 11.3 Å². The first kappa shape index (κ1) is 8.76. The van der Waals surface area contributed by atoms with E-state index in [0.717, 1.165) is 24.8 Å². The molecule has 4 nitrogen and oxygen atoms in total. The van der Waals surface area contributed by atoms with Gasteiger partial charge in [-0.25, -0.2) is 0 Å². The molecular weight excluding hydrogens is 198 g/mol. The molecule has 0 radical (unpaired) electrons. The third kappa shape index (κ3) is 1.67. The van der Waals surface area contributed by atoms with Crippen LogP contribution in [0.3, 0.4) is 0 Å². The third-order valence-electron chi connectivity index (χ3n) is 2.60. The Morgan fingerprint density at radius 1 is 1.29 bits per heavy atom. The Bertz CT molecular complexity index is 318. The zero-order valence-corrected chi connectivity index (χ0v) is 8.72. The predicted octanol–water partition coefficient (Wildman–Crippen LogP) is 1.08. The number of nitrogens with zero attached hydrogens (tertiary/aromatic N) is 2.